The Hall–Kier alpha value is -1.07. The first-order chi connectivity index (χ1) is 7.41. The molecule has 0 aliphatic rings. The molecule has 0 aliphatic carbocycles. The number of carbonyl (C=O) groups excluding carboxylic acids is 1. The van der Waals surface area contributed by atoms with Gasteiger partial charge in [0.05, 0.1) is 5.69 Å². The van der Waals surface area contributed by atoms with Gasteiger partial charge in [0.2, 0.25) is 5.91 Å². The van der Waals surface area contributed by atoms with E-state index >= 15 is 0 Å². The summed E-state index contributed by atoms with van der Waals surface area (Å²) >= 11 is 6.07. The number of primary amides is 1. The van der Waals surface area contributed by atoms with Crippen LogP contribution in [0.5, 0.6) is 0 Å². The third kappa shape index (κ3) is 3.21. The number of hydrogen-bond acceptors (Lipinski definition) is 3. The number of nitrogens with zero attached hydrogens (tertiary/aromatic N) is 2. The van der Waals surface area contributed by atoms with Crippen molar-refractivity contribution in [2.75, 3.05) is 0 Å². The maximum atomic E-state index is 10.7. The van der Waals surface area contributed by atoms with Crippen molar-refractivity contribution in [1.82, 2.24) is 15.1 Å². The predicted octanol–water partition coefficient (Wildman–Crippen LogP) is 0.735. The molecule has 3 N–H and O–H groups in total. The van der Waals surface area contributed by atoms with Crippen LogP contribution in [-0.2, 0) is 18.4 Å². The van der Waals surface area contributed by atoms with Crippen LogP contribution in [0.15, 0.2) is 0 Å². The fourth-order valence-corrected chi connectivity index (χ4v) is 1.77. The minimum Gasteiger partial charge on any atom is -0.370 e. The SMILES string of the molecule is Cc1nn(C)c(Cl)c1CNC(C)CC(N)=O. The number of carbonyl (C=O) groups is 1. The number of rotatable bonds is 5. The van der Waals surface area contributed by atoms with Crippen LogP contribution in [0.1, 0.15) is 24.6 Å². The van der Waals surface area contributed by atoms with Crippen LogP contribution in [0.2, 0.25) is 5.15 Å². The highest BCUT2D eigenvalue weighted by atomic mass is 35.5. The highest BCUT2D eigenvalue weighted by Gasteiger charge is 2.12. The van der Waals surface area contributed by atoms with Crippen molar-refractivity contribution in [1.29, 1.82) is 0 Å². The van der Waals surface area contributed by atoms with E-state index in [1.165, 1.54) is 0 Å². The molecule has 1 rings (SSSR count). The van der Waals surface area contributed by atoms with E-state index in [-0.39, 0.29) is 11.9 Å². The molecule has 0 aliphatic heterocycles. The predicted molar refractivity (Wildman–Crippen MR) is 63.1 cm³/mol. The molecule has 16 heavy (non-hydrogen) atoms. The Kier molecular flexibility index (Phi) is 4.32. The summed E-state index contributed by atoms with van der Waals surface area (Å²) in [5, 5.41) is 8.01. The number of aromatic nitrogens is 2. The molecule has 1 unspecified atom stereocenters. The van der Waals surface area contributed by atoms with Crippen LogP contribution in [0.4, 0.5) is 0 Å². The Bertz CT molecular complexity index is 388. The lowest BCUT2D eigenvalue weighted by Gasteiger charge is -2.11. The number of nitrogens with two attached hydrogens (primary N) is 1. The molecule has 0 aromatic carbocycles. The molecular formula is C10H17ClN4O. The summed E-state index contributed by atoms with van der Waals surface area (Å²) in [4.78, 5) is 10.7. The van der Waals surface area contributed by atoms with Gasteiger partial charge in [-0.15, -0.1) is 0 Å². The smallest absolute Gasteiger partial charge is 0.218 e. The molecule has 6 heteroatoms. The lowest BCUT2D eigenvalue weighted by Crippen LogP contribution is -2.30. The van der Waals surface area contributed by atoms with Gasteiger partial charge in [-0.05, 0) is 13.8 Å². The molecule has 5 nitrogen and oxygen atoms in total. The van der Waals surface area contributed by atoms with E-state index in [2.05, 4.69) is 10.4 Å². The molecular weight excluding hydrogens is 228 g/mol. The Morgan fingerprint density at radius 2 is 2.31 bits per heavy atom. The highest BCUT2D eigenvalue weighted by molar-refractivity contribution is 6.30. The number of nitrogens with one attached hydrogen (secondary N) is 1. The Morgan fingerprint density at radius 1 is 1.69 bits per heavy atom. The summed E-state index contributed by atoms with van der Waals surface area (Å²) in [7, 11) is 1.80. The number of halogens is 1. The van der Waals surface area contributed by atoms with E-state index in [0.717, 1.165) is 11.3 Å². The molecule has 90 valence electrons. The standard InChI is InChI=1S/C10H17ClN4O/c1-6(4-9(12)16)13-5-8-7(2)14-15(3)10(8)11/h6,13H,4-5H2,1-3H3,(H2,12,16). The minimum absolute atomic E-state index is 0.0353. The van der Waals surface area contributed by atoms with Crippen molar-refractivity contribution in [3.05, 3.63) is 16.4 Å². The summed E-state index contributed by atoms with van der Waals surface area (Å²) in [6.45, 7) is 4.40. The van der Waals surface area contributed by atoms with Gasteiger partial charge in [-0.3, -0.25) is 9.48 Å². The van der Waals surface area contributed by atoms with Gasteiger partial charge in [-0.1, -0.05) is 11.6 Å². The summed E-state index contributed by atoms with van der Waals surface area (Å²) in [6, 6.07) is 0.0353. The van der Waals surface area contributed by atoms with Crippen LogP contribution in [0, 0.1) is 6.92 Å². The van der Waals surface area contributed by atoms with Crippen molar-refractivity contribution in [2.24, 2.45) is 12.8 Å². The molecule has 1 heterocycles. The second-order valence-electron chi connectivity index (χ2n) is 3.93. The molecule has 0 radical (unpaired) electrons. The average molecular weight is 245 g/mol. The first-order valence-electron chi connectivity index (χ1n) is 5.11. The normalized spacial score (nSPS) is 12.8. The van der Waals surface area contributed by atoms with E-state index in [9.17, 15) is 4.79 Å². The summed E-state index contributed by atoms with van der Waals surface area (Å²) < 4.78 is 1.63. The zero-order valence-electron chi connectivity index (χ0n) is 9.75. The number of aryl methyl sites for hydroxylation is 2. The van der Waals surface area contributed by atoms with E-state index in [1.54, 1.807) is 11.7 Å². The average Bonchev–Trinajstić information content (AvgIpc) is 2.38. The fourth-order valence-electron chi connectivity index (χ4n) is 1.52. The lowest BCUT2D eigenvalue weighted by atomic mass is 10.2. The van der Waals surface area contributed by atoms with Crippen molar-refractivity contribution in [2.45, 2.75) is 32.9 Å². The van der Waals surface area contributed by atoms with Crippen molar-refractivity contribution in [3.8, 4) is 0 Å². The van der Waals surface area contributed by atoms with E-state index in [4.69, 9.17) is 17.3 Å². The fraction of sp³-hybridized carbons (Fsp3) is 0.600. The molecule has 1 atom stereocenters. The van der Waals surface area contributed by atoms with Gasteiger partial charge >= 0.3 is 0 Å². The largest absolute Gasteiger partial charge is 0.370 e. The van der Waals surface area contributed by atoms with Crippen LogP contribution in [0.25, 0.3) is 0 Å². The molecule has 1 aromatic rings. The third-order valence-corrected chi connectivity index (χ3v) is 2.88. The van der Waals surface area contributed by atoms with Crippen molar-refractivity contribution >= 4 is 17.5 Å². The molecule has 0 saturated carbocycles. The summed E-state index contributed by atoms with van der Waals surface area (Å²) in [5.74, 6) is -0.311. The van der Waals surface area contributed by atoms with Gasteiger partial charge in [-0.25, -0.2) is 0 Å². The molecule has 0 fully saturated rings. The first kappa shape index (κ1) is 13.0. The Labute approximate surface area is 99.9 Å². The van der Waals surface area contributed by atoms with Gasteiger partial charge in [0, 0.05) is 31.6 Å². The second-order valence-corrected chi connectivity index (χ2v) is 4.29. The van der Waals surface area contributed by atoms with Gasteiger partial charge in [0.25, 0.3) is 0 Å². The molecule has 0 bridgehead atoms. The topological polar surface area (TPSA) is 72.9 Å². The van der Waals surface area contributed by atoms with Gasteiger partial charge in [0.1, 0.15) is 5.15 Å². The molecule has 0 spiro atoms. The third-order valence-electron chi connectivity index (χ3n) is 2.40. The van der Waals surface area contributed by atoms with Crippen molar-refractivity contribution < 1.29 is 4.79 Å². The van der Waals surface area contributed by atoms with Crippen LogP contribution >= 0.6 is 11.6 Å². The monoisotopic (exact) mass is 244 g/mol. The molecule has 1 amide bonds. The van der Waals surface area contributed by atoms with Crippen LogP contribution in [0.3, 0.4) is 0 Å². The summed E-state index contributed by atoms with van der Waals surface area (Å²) in [5.41, 5.74) is 6.96. The van der Waals surface area contributed by atoms with Gasteiger partial charge in [0.15, 0.2) is 0 Å². The Balaban J connectivity index is 2.57. The van der Waals surface area contributed by atoms with E-state index < -0.39 is 0 Å². The van der Waals surface area contributed by atoms with Crippen LogP contribution in [-0.4, -0.2) is 21.7 Å². The Morgan fingerprint density at radius 3 is 2.75 bits per heavy atom. The maximum Gasteiger partial charge on any atom is 0.218 e. The van der Waals surface area contributed by atoms with Gasteiger partial charge in [-0.2, -0.15) is 5.10 Å². The molecule has 1 aromatic heterocycles. The first-order valence-corrected chi connectivity index (χ1v) is 5.49. The zero-order chi connectivity index (χ0) is 12.3. The van der Waals surface area contributed by atoms with Gasteiger partial charge < -0.3 is 11.1 Å². The zero-order valence-corrected chi connectivity index (χ0v) is 10.5. The maximum absolute atomic E-state index is 10.7. The minimum atomic E-state index is -0.311. The second kappa shape index (κ2) is 5.32. The van der Waals surface area contributed by atoms with Crippen LogP contribution < -0.4 is 11.1 Å². The van der Waals surface area contributed by atoms with E-state index in [1.807, 2.05) is 13.8 Å². The molecule has 0 saturated heterocycles. The lowest BCUT2D eigenvalue weighted by molar-refractivity contribution is -0.118. The quantitative estimate of drug-likeness (QED) is 0.802. The van der Waals surface area contributed by atoms with E-state index in [0.29, 0.717) is 18.1 Å². The van der Waals surface area contributed by atoms with Crippen molar-refractivity contribution in [3.63, 3.8) is 0 Å². The highest BCUT2D eigenvalue weighted by Crippen LogP contribution is 2.18. The number of hydrogen-bond donors (Lipinski definition) is 2. The summed E-state index contributed by atoms with van der Waals surface area (Å²) in [6.07, 6.45) is 0.316. The number of amides is 1.